The zero-order valence-electron chi connectivity index (χ0n) is 15.5. The predicted octanol–water partition coefficient (Wildman–Crippen LogP) is 3.35. The van der Waals surface area contributed by atoms with Gasteiger partial charge in [-0.25, -0.2) is 13.1 Å². The lowest BCUT2D eigenvalue weighted by atomic mass is 10.1. The smallest absolute Gasteiger partial charge is 0.250 e. The minimum atomic E-state index is -3.77. The van der Waals surface area contributed by atoms with Crippen LogP contribution in [0.4, 0.5) is 0 Å². The Balaban J connectivity index is 1.68. The van der Waals surface area contributed by atoms with Crippen LogP contribution in [0.1, 0.15) is 47.2 Å². The molecule has 142 valence electrons. The second-order valence-corrected chi connectivity index (χ2v) is 8.75. The summed E-state index contributed by atoms with van der Waals surface area (Å²) in [5.41, 5.74) is 3.65. The van der Waals surface area contributed by atoms with E-state index in [9.17, 15) is 8.42 Å². The molecule has 0 saturated heterocycles. The number of H-pyrrole nitrogens is 1. The molecule has 8 heteroatoms. The fourth-order valence-electron chi connectivity index (χ4n) is 3.24. The van der Waals surface area contributed by atoms with Gasteiger partial charge >= 0.3 is 0 Å². The number of benzene rings is 1. The summed E-state index contributed by atoms with van der Waals surface area (Å²) >= 11 is 0. The van der Waals surface area contributed by atoms with Gasteiger partial charge < -0.3 is 9.40 Å². The standard InChI is InChI=1S/C19H22N4O3S/c1-11-6-4-5-7-15(11)10-20-27(24,25)17-13(3)21-12(2)16(17)19-23-22-18(26-19)14-8-9-14/h4-7,14,20-21H,8-10H2,1-3H3. The van der Waals surface area contributed by atoms with E-state index in [1.165, 1.54) is 0 Å². The molecule has 0 aliphatic heterocycles. The van der Waals surface area contributed by atoms with Crippen LogP contribution in [-0.4, -0.2) is 23.6 Å². The molecule has 27 heavy (non-hydrogen) atoms. The zero-order valence-corrected chi connectivity index (χ0v) is 16.4. The Bertz CT molecular complexity index is 1090. The highest BCUT2D eigenvalue weighted by molar-refractivity contribution is 7.89. The first-order chi connectivity index (χ1) is 12.9. The SMILES string of the molecule is Cc1ccccc1CNS(=O)(=O)c1c(C)[nH]c(C)c1-c1nnc(C2CC2)o1. The van der Waals surface area contributed by atoms with E-state index in [1.807, 2.05) is 38.1 Å². The lowest BCUT2D eigenvalue weighted by molar-refractivity contribution is 0.506. The monoisotopic (exact) mass is 386 g/mol. The quantitative estimate of drug-likeness (QED) is 0.677. The lowest BCUT2D eigenvalue weighted by Crippen LogP contribution is -2.24. The van der Waals surface area contributed by atoms with Crippen molar-refractivity contribution in [2.75, 3.05) is 0 Å². The van der Waals surface area contributed by atoms with E-state index >= 15 is 0 Å². The zero-order chi connectivity index (χ0) is 19.2. The number of aryl methyl sites for hydroxylation is 3. The Morgan fingerprint density at radius 1 is 1.15 bits per heavy atom. The van der Waals surface area contributed by atoms with Crippen molar-refractivity contribution in [1.29, 1.82) is 0 Å². The van der Waals surface area contributed by atoms with Gasteiger partial charge in [0.15, 0.2) is 0 Å². The van der Waals surface area contributed by atoms with Crippen LogP contribution in [0.25, 0.3) is 11.5 Å². The lowest BCUT2D eigenvalue weighted by Gasteiger charge is -2.10. The summed E-state index contributed by atoms with van der Waals surface area (Å²) in [5.74, 6) is 1.14. The van der Waals surface area contributed by atoms with E-state index in [0.717, 1.165) is 24.0 Å². The summed E-state index contributed by atoms with van der Waals surface area (Å²) in [7, 11) is -3.77. The Hall–Kier alpha value is -2.45. The Kier molecular flexibility index (Phi) is 4.39. The van der Waals surface area contributed by atoms with Crippen LogP contribution in [0, 0.1) is 20.8 Å². The second kappa shape index (κ2) is 6.61. The molecule has 0 radical (unpaired) electrons. The average molecular weight is 386 g/mol. The summed E-state index contributed by atoms with van der Waals surface area (Å²) in [6, 6.07) is 7.69. The highest BCUT2D eigenvalue weighted by Gasteiger charge is 2.32. The fraction of sp³-hybridized carbons (Fsp3) is 0.368. The van der Waals surface area contributed by atoms with Crippen LogP contribution >= 0.6 is 0 Å². The Labute approximate surface area is 158 Å². The first-order valence-corrected chi connectivity index (χ1v) is 10.4. The maximum absolute atomic E-state index is 13.1. The van der Waals surface area contributed by atoms with Crippen molar-refractivity contribution in [1.82, 2.24) is 19.9 Å². The van der Waals surface area contributed by atoms with Gasteiger partial charge in [-0.05, 0) is 44.7 Å². The largest absolute Gasteiger partial charge is 0.420 e. The predicted molar refractivity (Wildman–Crippen MR) is 101 cm³/mol. The van der Waals surface area contributed by atoms with Gasteiger partial charge in [0, 0.05) is 23.9 Å². The molecule has 7 nitrogen and oxygen atoms in total. The first-order valence-electron chi connectivity index (χ1n) is 8.94. The normalized spacial score (nSPS) is 14.6. The molecule has 0 atom stereocenters. The van der Waals surface area contributed by atoms with E-state index in [4.69, 9.17) is 4.42 Å². The summed E-state index contributed by atoms with van der Waals surface area (Å²) in [4.78, 5) is 3.26. The molecule has 1 fully saturated rings. The van der Waals surface area contributed by atoms with Crippen LogP contribution in [0.15, 0.2) is 33.6 Å². The molecule has 1 aliphatic carbocycles. The highest BCUT2D eigenvalue weighted by Crippen LogP contribution is 2.41. The summed E-state index contributed by atoms with van der Waals surface area (Å²) in [6.45, 7) is 5.72. The Morgan fingerprint density at radius 2 is 1.89 bits per heavy atom. The van der Waals surface area contributed by atoms with Crippen LogP contribution in [0.5, 0.6) is 0 Å². The molecule has 0 bridgehead atoms. The number of aromatic nitrogens is 3. The number of rotatable bonds is 6. The van der Waals surface area contributed by atoms with Crippen molar-refractivity contribution >= 4 is 10.0 Å². The molecular formula is C19H22N4O3S. The maximum Gasteiger partial charge on any atom is 0.250 e. The van der Waals surface area contributed by atoms with Crippen LogP contribution in [0.2, 0.25) is 0 Å². The van der Waals surface area contributed by atoms with Gasteiger partial charge in [0.2, 0.25) is 15.9 Å². The van der Waals surface area contributed by atoms with E-state index in [1.54, 1.807) is 6.92 Å². The van der Waals surface area contributed by atoms with Gasteiger partial charge in [-0.1, -0.05) is 24.3 Å². The molecule has 4 rings (SSSR count). The number of hydrogen-bond donors (Lipinski definition) is 2. The average Bonchev–Trinajstić information content (AvgIpc) is 3.27. The summed E-state index contributed by atoms with van der Waals surface area (Å²) in [6.07, 6.45) is 2.08. The van der Waals surface area contributed by atoms with E-state index < -0.39 is 10.0 Å². The van der Waals surface area contributed by atoms with Crippen molar-refractivity contribution in [3.63, 3.8) is 0 Å². The molecule has 1 saturated carbocycles. The van der Waals surface area contributed by atoms with Gasteiger partial charge in [0.05, 0.1) is 5.56 Å². The van der Waals surface area contributed by atoms with Crippen LogP contribution in [-0.2, 0) is 16.6 Å². The van der Waals surface area contributed by atoms with Crippen molar-refractivity contribution in [2.24, 2.45) is 0 Å². The van der Waals surface area contributed by atoms with Crippen molar-refractivity contribution < 1.29 is 12.8 Å². The molecule has 1 aromatic carbocycles. The van der Waals surface area contributed by atoms with Crippen molar-refractivity contribution in [3.8, 4) is 11.5 Å². The minimum absolute atomic E-state index is 0.166. The van der Waals surface area contributed by atoms with Crippen molar-refractivity contribution in [3.05, 3.63) is 52.7 Å². The van der Waals surface area contributed by atoms with Gasteiger partial charge in [0.1, 0.15) is 4.90 Å². The summed E-state index contributed by atoms with van der Waals surface area (Å²) < 4.78 is 34.6. The minimum Gasteiger partial charge on any atom is -0.420 e. The second-order valence-electron chi connectivity index (χ2n) is 7.05. The number of sulfonamides is 1. The molecule has 0 unspecified atom stereocenters. The van der Waals surface area contributed by atoms with Gasteiger partial charge in [-0.15, -0.1) is 10.2 Å². The molecule has 0 amide bonds. The van der Waals surface area contributed by atoms with Crippen LogP contribution in [0.3, 0.4) is 0 Å². The van der Waals surface area contributed by atoms with E-state index in [2.05, 4.69) is 19.9 Å². The highest BCUT2D eigenvalue weighted by atomic mass is 32.2. The summed E-state index contributed by atoms with van der Waals surface area (Å²) in [5, 5.41) is 8.19. The third-order valence-corrected chi connectivity index (χ3v) is 6.45. The molecular weight excluding hydrogens is 364 g/mol. The van der Waals surface area contributed by atoms with Gasteiger partial charge in [-0.2, -0.15) is 0 Å². The molecule has 2 heterocycles. The van der Waals surface area contributed by atoms with Crippen molar-refractivity contribution in [2.45, 2.75) is 51.0 Å². The van der Waals surface area contributed by atoms with E-state index in [-0.39, 0.29) is 17.3 Å². The molecule has 2 aromatic heterocycles. The Morgan fingerprint density at radius 3 is 2.59 bits per heavy atom. The number of nitrogens with zero attached hydrogens (tertiary/aromatic N) is 2. The first kappa shape index (κ1) is 17.9. The topological polar surface area (TPSA) is 101 Å². The molecule has 1 aliphatic rings. The molecule has 3 aromatic rings. The number of aromatic amines is 1. The third-order valence-electron chi connectivity index (χ3n) is 4.88. The molecule has 2 N–H and O–H groups in total. The molecule has 0 spiro atoms. The third kappa shape index (κ3) is 3.42. The van der Waals surface area contributed by atoms with Crippen LogP contribution < -0.4 is 4.72 Å². The van der Waals surface area contributed by atoms with Gasteiger partial charge in [-0.3, -0.25) is 0 Å². The maximum atomic E-state index is 13.1. The fourth-order valence-corrected chi connectivity index (χ4v) is 4.69. The van der Waals surface area contributed by atoms with E-state index in [0.29, 0.717) is 28.8 Å². The van der Waals surface area contributed by atoms with Gasteiger partial charge in [0.25, 0.3) is 5.89 Å². The number of nitrogens with one attached hydrogen (secondary N) is 2. The number of hydrogen-bond acceptors (Lipinski definition) is 5.